The zero-order chi connectivity index (χ0) is 15.1. The standard InChI is InChI=1S/C13H12BrF3O3/c14-8-5-7(13(15,16)17)6-9(18)10(8)12(11(19)20)3-1-2-4-12/h5-6,18H,1-4H2,(H,19,20). The maximum absolute atomic E-state index is 12.7. The highest BCUT2D eigenvalue weighted by Gasteiger charge is 2.46. The quantitative estimate of drug-likeness (QED) is 0.843. The van der Waals surface area contributed by atoms with Gasteiger partial charge in [0.15, 0.2) is 0 Å². The van der Waals surface area contributed by atoms with Crippen LogP contribution in [0.5, 0.6) is 5.75 Å². The summed E-state index contributed by atoms with van der Waals surface area (Å²) in [4.78, 5) is 11.6. The average Bonchev–Trinajstić information content (AvgIpc) is 2.77. The van der Waals surface area contributed by atoms with Crippen LogP contribution >= 0.6 is 15.9 Å². The minimum atomic E-state index is -4.59. The summed E-state index contributed by atoms with van der Waals surface area (Å²) in [6.45, 7) is 0. The second-order valence-corrected chi connectivity index (χ2v) is 5.80. The molecule has 3 nitrogen and oxygen atoms in total. The summed E-state index contributed by atoms with van der Waals surface area (Å²) < 4.78 is 38.0. The van der Waals surface area contributed by atoms with Crippen LogP contribution in [0.15, 0.2) is 16.6 Å². The molecular formula is C13H12BrF3O3. The molecule has 1 fully saturated rings. The number of carbonyl (C=O) groups is 1. The SMILES string of the molecule is O=C(O)C1(c2c(O)cc(C(F)(F)F)cc2Br)CCCC1. The Morgan fingerprint density at radius 1 is 1.25 bits per heavy atom. The highest BCUT2D eigenvalue weighted by molar-refractivity contribution is 9.10. The van der Waals surface area contributed by atoms with Gasteiger partial charge in [-0.3, -0.25) is 4.79 Å². The number of alkyl halides is 3. The first-order chi connectivity index (χ1) is 9.18. The highest BCUT2D eigenvalue weighted by atomic mass is 79.9. The molecule has 2 rings (SSSR count). The summed E-state index contributed by atoms with van der Waals surface area (Å²) in [5, 5.41) is 19.4. The van der Waals surface area contributed by atoms with Gasteiger partial charge in [0.1, 0.15) is 5.75 Å². The maximum Gasteiger partial charge on any atom is 0.416 e. The van der Waals surface area contributed by atoms with Crippen LogP contribution in [0.2, 0.25) is 0 Å². The lowest BCUT2D eigenvalue weighted by atomic mass is 9.78. The van der Waals surface area contributed by atoms with Gasteiger partial charge in [0.2, 0.25) is 0 Å². The second kappa shape index (κ2) is 4.95. The molecule has 0 unspecified atom stereocenters. The van der Waals surface area contributed by atoms with E-state index in [-0.39, 0.29) is 10.0 Å². The molecule has 1 saturated carbocycles. The third kappa shape index (κ3) is 2.39. The molecule has 1 aromatic rings. The molecule has 110 valence electrons. The second-order valence-electron chi connectivity index (χ2n) is 4.94. The Balaban J connectivity index is 2.61. The first-order valence-electron chi connectivity index (χ1n) is 6.02. The van der Waals surface area contributed by atoms with Crippen LogP contribution in [0.4, 0.5) is 13.2 Å². The maximum atomic E-state index is 12.7. The Kier molecular flexibility index (Phi) is 3.75. The number of aromatic hydroxyl groups is 1. The molecule has 0 spiro atoms. The van der Waals surface area contributed by atoms with Gasteiger partial charge in [0.25, 0.3) is 0 Å². The third-order valence-corrected chi connectivity index (χ3v) is 4.37. The van der Waals surface area contributed by atoms with Crippen molar-refractivity contribution in [2.75, 3.05) is 0 Å². The fourth-order valence-corrected chi connectivity index (χ4v) is 3.61. The average molecular weight is 353 g/mol. The van der Waals surface area contributed by atoms with Gasteiger partial charge in [-0.2, -0.15) is 13.2 Å². The van der Waals surface area contributed by atoms with E-state index in [0.29, 0.717) is 31.7 Å². The van der Waals surface area contributed by atoms with E-state index in [2.05, 4.69) is 15.9 Å². The van der Waals surface area contributed by atoms with E-state index in [4.69, 9.17) is 0 Å². The topological polar surface area (TPSA) is 57.5 Å². The van der Waals surface area contributed by atoms with Crippen LogP contribution in [0.25, 0.3) is 0 Å². The summed E-state index contributed by atoms with van der Waals surface area (Å²) in [5.74, 6) is -1.75. The van der Waals surface area contributed by atoms with Gasteiger partial charge >= 0.3 is 12.1 Å². The van der Waals surface area contributed by atoms with Gasteiger partial charge in [-0.25, -0.2) is 0 Å². The number of phenolic OH excluding ortho intramolecular Hbond substituents is 1. The molecule has 0 aromatic heterocycles. The molecule has 0 heterocycles. The number of aliphatic carboxylic acids is 1. The summed E-state index contributed by atoms with van der Waals surface area (Å²) in [7, 11) is 0. The van der Waals surface area contributed by atoms with E-state index in [9.17, 15) is 28.2 Å². The minimum absolute atomic E-state index is 0.0193. The van der Waals surface area contributed by atoms with Crippen LogP contribution in [0.1, 0.15) is 36.8 Å². The van der Waals surface area contributed by atoms with Crippen molar-refractivity contribution in [2.24, 2.45) is 0 Å². The first-order valence-corrected chi connectivity index (χ1v) is 6.81. The van der Waals surface area contributed by atoms with E-state index in [1.54, 1.807) is 0 Å². The molecule has 1 aliphatic carbocycles. The largest absolute Gasteiger partial charge is 0.508 e. The molecule has 0 amide bonds. The van der Waals surface area contributed by atoms with Crippen molar-refractivity contribution in [3.05, 3.63) is 27.7 Å². The molecule has 0 aliphatic heterocycles. The molecule has 7 heteroatoms. The van der Waals surface area contributed by atoms with Gasteiger partial charge in [-0.05, 0) is 25.0 Å². The van der Waals surface area contributed by atoms with Crippen molar-refractivity contribution >= 4 is 21.9 Å². The smallest absolute Gasteiger partial charge is 0.416 e. The van der Waals surface area contributed by atoms with E-state index < -0.39 is 28.9 Å². The van der Waals surface area contributed by atoms with E-state index in [1.807, 2.05) is 0 Å². The lowest BCUT2D eigenvalue weighted by molar-refractivity contribution is -0.143. The molecule has 20 heavy (non-hydrogen) atoms. The highest BCUT2D eigenvalue weighted by Crippen LogP contribution is 2.49. The number of carboxylic acid groups (broad SMARTS) is 1. The molecule has 2 N–H and O–H groups in total. The van der Waals surface area contributed by atoms with Crippen molar-refractivity contribution in [3.8, 4) is 5.75 Å². The normalized spacial score (nSPS) is 18.2. The lowest BCUT2D eigenvalue weighted by Crippen LogP contribution is -2.33. The Hall–Kier alpha value is -1.24. The summed E-state index contributed by atoms with van der Waals surface area (Å²) >= 11 is 2.98. The van der Waals surface area contributed by atoms with Crippen molar-refractivity contribution in [1.82, 2.24) is 0 Å². The minimum Gasteiger partial charge on any atom is -0.508 e. The Morgan fingerprint density at radius 2 is 1.80 bits per heavy atom. The predicted octanol–water partition coefficient (Wildman–Crippen LogP) is 4.07. The Labute approximate surface area is 121 Å². The monoisotopic (exact) mass is 352 g/mol. The zero-order valence-corrected chi connectivity index (χ0v) is 11.9. The molecule has 1 aliphatic rings. The van der Waals surface area contributed by atoms with Gasteiger partial charge in [-0.15, -0.1) is 0 Å². The van der Waals surface area contributed by atoms with Crippen LogP contribution in [0.3, 0.4) is 0 Å². The molecule has 1 aromatic carbocycles. The van der Waals surface area contributed by atoms with Crippen molar-refractivity contribution in [1.29, 1.82) is 0 Å². The molecule has 0 bridgehead atoms. The van der Waals surface area contributed by atoms with Crippen LogP contribution in [-0.2, 0) is 16.4 Å². The summed E-state index contributed by atoms with van der Waals surface area (Å²) in [5.41, 5.74) is -2.28. The van der Waals surface area contributed by atoms with Gasteiger partial charge in [-0.1, -0.05) is 28.8 Å². The van der Waals surface area contributed by atoms with E-state index in [1.165, 1.54) is 0 Å². The van der Waals surface area contributed by atoms with Gasteiger partial charge in [0.05, 0.1) is 11.0 Å². The molecule has 0 atom stereocenters. The fraction of sp³-hybridized carbons (Fsp3) is 0.462. The van der Waals surface area contributed by atoms with Crippen molar-refractivity contribution in [3.63, 3.8) is 0 Å². The molecular weight excluding hydrogens is 341 g/mol. The number of halogens is 4. The van der Waals surface area contributed by atoms with E-state index >= 15 is 0 Å². The van der Waals surface area contributed by atoms with Gasteiger partial charge in [0, 0.05) is 10.0 Å². The number of benzene rings is 1. The zero-order valence-electron chi connectivity index (χ0n) is 10.3. The number of hydrogen-bond donors (Lipinski definition) is 2. The first kappa shape index (κ1) is 15.2. The number of hydrogen-bond acceptors (Lipinski definition) is 2. The van der Waals surface area contributed by atoms with E-state index in [0.717, 1.165) is 6.07 Å². The van der Waals surface area contributed by atoms with Crippen LogP contribution < -0.4 is 0 Å². The Morgan fingerprint density at radius 3 is 2.20 bits per heavy atom. The third-order valence-electron chi connectivity index (χ3n) is 3.74. The fourth-order valence-electron chi connectivity index (χ4n) is 2.78. The molecule has 0 saturated heterocycles. The van der Waals surface area contributed by atoms with Crippen molar-refractivity contribution < 1.29 is 28.2 Å². The lowest BCUT2D eigenvalue weighted by Gasteiger charge is -2.27. The number of phenols is 1. The van der Waals surface area contributed by atoms with Crippen LogP contribution in [0, 0.1) is 0 Å². The van der Waals surface area contributed by atoms with Crippen LogP contribution in [-0.4, -0.2) is 16.2 Å². The number of rotatable bonds is 2. The van der Waals surface area contributed by atoms with Gasteiger partial charge < -0.3 is 10.2 Å². The Bertz CT molecular complexity index is 525. The molecule has 0 radical (unpaired) electrons. The number of carboxylic acids is 1. The predicted molar refractivity (Wildman–Crippen MR) is 68.6 cm³/mol. The summed E-state index contributed by atoms with van der Waals surface area (Å²) in [6, 6.07) is 1.40. The summed E-state index contributed by atoms with van der Waals surface area (Å²) in [6.07, 6.45) is -2.65. The van der Waals surface area contributed by atoms with Crippen molar-refractivity contribution in [2.45, 2.75) is 37.3 Å².